The normalized spacial score (nSPS) is 12.7. The van der Waals surface area contributed by atoms with Crippen molar-refractivity contribution in [1.29, 1.82) is 0 Å². The van der Waals surface area contributed by atoms with Crippen LogP contribution in [0, 0.1) is 17.0 Å². The number of hydrogen-bond acceptors (Lipinski definition) is 8. The van der Waals surface area contributed by atoms with Crippen LogP contribution in [-0.2, 0) is 11.3 Å². The minimum atomic E-state index is -2.01. The van der Waals surface area contributed by atoms with Gasteiger partial charge in [-0.15, -0.1) is 0 Å². The number of carbonyl (C=O) groups is 1. The maximum absolute atomic E-state index is 12.3. The molecule has 0 bridgehead atoms. The molecule has 0 radical (unpaired) electrons. The number of nitro groups is 1. The molecule has 160 valence electrons. The Kier molecular flexibility index (Phi) is 6.50. The van der Waals surface area contributed by atoms with E-state index in [0.29, 0.717) is 5.82 Å². The fourth-order valence-electron chi connectivity index (χ4n) is 2.58. The van der Waals surface area contributed by atoms with Crippen LogP contribution in [0.1, 0.15) is 12.0 Å². The highest BCUT2D eigenvalue weighted by atomic mass is 35.6. The molecule has 0 fully saturated rings. The topological polar surface area (TPSA) is 143 Å². The fraction of sp³-hybridized carbons (Fsp3) is 0.357. The Morgan fingerprint density at radius 2 is 2.07 bits per heavy atom. The third kappa shape index (κ3) is 4.67. The molecule has 3 rings (SSSR count). The lowest BCUT2D eigenvalue weighted by Crippen LogP contribution is -2.40. The van der Waals surface area contributed by atoms with Gasteiger partial charge in [-0.2, -0.15) is 0 Å². The molecule has 16 heteroatoms. The average molecular weight is 498 g/mol. The maximum atomic E-state index is 12.3. The Hall–Kier alpha value is -2.41. The molecule has 0 aliphatic carbocycles. The van der Waals surface area contributed by atoms with E-state index in [2.05, 4.69) is 25.3 Å². The van der Waals surface area contributed by atoms with E-state index in [4.69, 9.17) is 51.1 Å². The first-order valence-corrected chi connectivity index (χ1v) is 9.60. The molecule has 3 heterocycles. The second kappa shape index (κ2) is 8.76. The standard InChI is InChI=1S/C14H12Cl4N8O4/c1-7-19-4-8(26(28)29)24(7)2-3-30-13(27)23-12(14(16,17)18)25-6-22-9-10(15)20-5-21-11(9)25/h4-6,12H,2-3H2,1H3,(H,23,27). The van der Waals surface area contributed by atoms with Crippen LogP contribution in [-0.4, -0.2) is 50.5 Å². The van der Waals surface area contributed by atoms with Gasteiger partial charge in [-0.1, -0.05) is 46.4 Å². The summed E-state index contributed by atoms with van der Waals surface area (Å²) in [5.74, 6) is 0.170. The number of hydrogen-bond donors (Lipinski definition) is 1. The van der Waals surface area contributed by atoms with Crippen LogP contribution >= 0.6 is 46.4 Å². The van der Waals surface area contributed by atoms with Crippen LogP contribution in [0.5, 0.6) is 0 Å². The molecule has 30 heavy (non-hydrogen) atoms. The Morgan fingerprint density at radius 3 is 2.73 bits per heavy atom. The fourth-order valence-corrected chi connectivity index (χ4v) is 3.24. The number of halogens is 4. The summed E-state index contributed by atoms with van der Waals surface area (Å²) >= 11 is 24.0. The molecule has 0 spiro atoms. The van der Waals surface area contributed by atoms with Crippen molar-refractivity contribution in [1.82, 2.24) is 34.4 Å². The van der Waals surface area contributed by atoms with Gasteiger partial charge in [0.1, 0.15) is 31.2 Å². The third-order valence-corrected chi connectivity index (χ3v) is 4.82. The van der Waals surface area contributed by atoms with Gasteiger partial charge in [-0.05, 0) is 4.92 Å². The van der Waals surface area contributed by atoms with Crippen molar-refractivity contribution in [2.45, 2.75) is 23.4 Å². The molecular weight excluding hydrogens is 486 g/mol. The number of nitrogens with zero attached hydrogens (tertiary/aromatic N) is 7. The van der Waals surface area contributed by atoms with Gasteiger partial charge in [-0.3, -0.25) is 9.88 Å². The van der Waals surface area contributed by atoms with Gasteiger partial charge in [0.25, 0.3) is 0 Å². The highest BCUT2D eigenvalue weighted by molar-refractivity contribution is 6.68. The number of imidazole rings is 2. The van der Waals surface area contributed by atoms with E-state index in [1.807, 2.05) is 0 Å². The van der Waals surface area contributed by atoms with Crippen LogP contribution in [0.4, 0.5) is 10.6 Å². The van der Waals surface area contributed by atoms with Gasteiger partial charge in [-0.25, -0.2) is 29.3 Å². The molecule has 12 nitrogen and oxygen atoms in total. The van der Waals surface area contributed by atoms with Gasteiger partial charge in [0, 0.05) is 6.92 Å². The van der Waals surface area contributed by atoms with E-state index >= 15 is 0 Å². The summed E-state index contributed by atoms with van der Waals surface area (Å²) in [5, 5.41) is 13.5. The van der Waals surface area contributed by atoms with E-state index in [9.17, 15) is 14.9 Å². The van der Waals surface area contributed by atoms with Crippen molar-refractivity contribution in [2.75, 3.05) is 6.61 Å². The van der Waals surface area contributed by atoms with E-state index in [1.54, 1.807) is 6.92 Å². The molecule has 1 unspecified atom stereocenters. The Labute approximate surface area is 188 Å². The Balaban J connectivity index is 1.72. The number of aromatic nitrogens is 6. The number of aryl methyl sites for hydroxylation is 1. The lowest BCUT2D eigenvalue weighted by Gasteiger charge is -2.26. The van der Waals surface area contributed by atoms with Gasteiger partial charge < -0.3 is 14.9 Å². The summed E-state index contributed by atoms with van der Waals surface area (Å²) in [6, 6.07) is 0. The highest BCUT2D eigenvalue weighted by Gasteiger charge is 2.37. The van der Waals surface area contributed by atoms with Crippen LogP contribution in [0.2, 0.25) is 5.15 Å². The number of fused-ring (bicyclic) bond motifs is 1. The lowest BCUT2D eigenvalue weighted by atomic mass is 10.5. The number of carbonyl (C=O) groups excluding carboxylic acids is 1. The summed E-state index contributed by atoms with van der Waals surface area (Å²) in [5.41, 5.74) is 0.466. The van der Waals surface area contributed by atoms with Crippen molar-refractivity contribution in [3.05, 3.63) is 39.9 Å². The van der Waals surface area contributed by atoms with E-state index in [-0.39, 0.29) is 35.3 Å². The lowest BCUT2D eigenvalue weighted by molar-refractivity contribution is -0.392. The van der Waals surface area contributed by atoms with Crippen LogP contribution < -0.4 is 5.32 Å². The van der Waals surface area contributed by atoms with Gasteiger partial charge in [0.2, 0.25) is 3.79 Å². The first-order valence-electron chi connectivity index (χ1n) is 8.09. The molecule has 0 aromatic carbocycles. The molecule has 0 saturated heterocycles. The largest absolute Gasteiger partial charge is 0.445 e. The van der Waals surface area contributed by atoms with E-state index in [0.717, 1.165) is 6.20 Å². The summed E-state index contributed by atoms with van der Waals surface area (Å²) in [6.07, 6.45) is 1.39. The quantitative estimate of drug-likeness (QED) is 0.236. The minimum Gasteiger partial charge on any atom is -0.445 e. The zero-order valence-corrected chi connectivity index (χ0v) is 18.0. The Morgan fingerprint density at radius 1 is 1.33 bits per heavy atom. The molecule has 3 aromatic rings. The summed E-state index contributed by atoms with van der Waals surface area (Å²) in [4.78, 5) is 38.5. The summed E-state index contributed by atoms with van der Waals surface area (Å²) < 4.78 is 5.65. The van der Waals surface area contributed by atoms with E-state index < -0.39 is 21.0 Å². The van der Waals surface area contributed by atoms with Crippen LogP contribution in [0.25, 0.3) is 11.2 Å². The number of alkyl carbamates (subject to hydrolysis) is 1. The van der Waals surface area contributed by atoms with Crippen molar-refractivity contribution in [2.24, 2.45) is 0 Å². The van der Waals surface area contributed by atoms with Crippen molar-refractivity contribution < 1.29 is 14.5 Å². The summed E-state index contributed by atoms with van der Waals surface area (Å²) in [6.45, 7) is 1.39. The average Bonchev–Trinajstić information content (AvgIpc) is 3.24. The van der Waals surface area contributed by atoms with Crippen LogP contribution in [0.3, 0.4) is 0 Å². The SMILES string of the molecule is Cc1ncc([N+](=O)[O-])n1CCOC(=O)NC(n1cnc2c(Cl)ncnc21)C(Cl)(Cl)Cl. The molecule has 1 amide bonds. The van der Waals surface area contributed by atoms with Crippen molar-refractivity contribution in [3.63, 3.8) is 0 Å². The zero-order valence-electron chi connectivity index (χ0n) is 15.0. The molecule has 0 aliphatic rings. The monoisotopic (exact) mass is 496 g/mol. The van der Waals surface area contributed by atoms with E-state index in [1.165, 1.54) is 21.8 Å². The molecule has 0 aliphatic heterocycles. The maximum Gasteiger partial charge on any atom is 0.409 e. The highest BCUT2D eigenvalue weighted by Crippen LogP contribution is 2.38. The number of nitrogens with one attached hydrogen (secondary N) is 1. The molecule has 0 saturated carbocycles. The van der Waals surface area contributed by atoms with Crippen LogP contribution in [0.15, 0.2) is 18.9 Å². The minimum absolute atomic E-state index is 0.00480. The number of alkyl halides is 3. The molecule has 1 atom stereocenters. The summed E-state index contributed by atoms with van der Waals surface area (Å²) in [7, 11) is 0. The molecular formula is C14H12Cl4N8O4. The predicted molar refractivity (Wildman–Crippen MR) is 108 cm³/mol. The first kappa shape index (κ1) is 22.3. The second-order valence-corrected chi connectivity index (χ2v) is 8.51. The van der Waals surface area contributed by atoms with Crippen molar-refractivity contribution >= 4 is 69.5 Å². The number of rotatable bonds is 6. The van der Waals surface area contributed by atoms with Gasteiger partial charge >= 0.3 is 11.9 Å². The number of amides is 1. The second-order valence-electron chi connectivity index (χ2n) is 5.79. The zero-order chi connectivity index (χ0) is 22.1. The number of ether oxygens (including phenoxy) is 1. The predicted octanol–water partition coefficient (Wildman–Crippen LogP) is 3.19. The van der Waals surface area contributed by atoms with Crippen molar-refractivity contribution in [3.8, 4) is 0 Å². The van der Waals surface area contributed by atoms with Gasteiger partial charge in [0.15, 0.2) is 22.8 Å². The van der Waals surface area contributed by atoms with Gasteiger partial charge in [0.05, 0.1) is 6.33 Å². The Bertz CT molecular complexity index is 1100. The third-order valence-electron chi connectivity index (χ3n) is 3.93. The molecule has 1 N–H and O–H groups in total. The smallest absolute Gasteiger partial charge is 0.409 e. The molecule has 3 aromatic heterocycles. The first-order chi connectivity index (χ1) is 14.1.